The Morgan fingerprint density at radius 1 is 1.39 bits per heavy atom. The molecule has 0 fully saturated rings. The number of aromatic nitrogens is 4. The van der Waals surface area contributed by atoms with Crippen molar-refractivity contribution in [3.05, 3.63) is 11.9 Å². The molecule has 0 aromatic carbocycles. The highest BCUT2D eigenvalue weighted by molar-refractivity contribution is 7.92. The van der Waals surface area contributed by atoms with E-state index in [4.69, 9.17) is 0 Å². The molecule has 0 atom stereocenters. The van der Waals surface area contributed by atoms with E-state index in [9.17, 15) is 8.42 Å². The summed E-state index contributed by atoms with van der Waals surface area (Å²) in [5.74, 6) is -0.189. The Kier molecular flexibility index (Phi) is 4.19. The van der Waals surface area contributed by atoms with Crippen LogP contribution < -0.4 is 5.32 Å². The Balaban J connectivity index is 2.12. The number of anilines is 1. The lowest BCUT2D eigenvalue weighted by Gasteiger charge is -1.96. The van der Waals surface area contributed by atoms with Crippen molar-refractivity contribution in [2.75, 3.05) is 11.9 Å². The zero-order chi connectivity index (χ0) is 13.0. The predicted molar refractivity (Wildman–Crippen MR) is 69.5 cm³/mol. The van der Waals surface area contributed by atoms with Gasteiger partial charge >= 0.3 is 0 Å². The Morgan fingerprint density at radius 2 is 2.22 bits per heavy atom. The van der Waals surface area contributed by atoms with Gasteiger partial charge in [-0.15, -0.1) is 10.2 Å². The second-order valence-corrected chi connectivity index (χ2v) is 7.16. The molecule has 0 radical (unpaired) electrons. The van der Waals surface area contributed by atoms with Crippen LogP contribution in [0.15, 0.2) is 10.5 Å². The fraction of sp³-hybridized carbons (Fsp3) is 0.500. The summed E-state index contributed by atoms with van der Waals surface area (Å²) in [5, 5.41) is 11.0. The molecule has 0 saturated heterocycles. The summed E-state index contributed by atoms with van der Waals surface area (Å²) in [4.78, 5) is 0. The van der Waals surface area contributed by atoms with E-state index in [-0.39, 0.29) is 10.1 Å². The van der Waals surface area contributed by atoms with E-state index < -0.39 is 9.84 Å². The fourth-order valence-corrected chi connectivity index (χ4v) is 3.90. The summed E-state index contributed by atoms with van der Waals surface area (Å²) in [6.45, 7) is 2.76. The molecule has 7 nitrogen and oxygen atoms in total. The molecule has 0 aliphatic heterocycles. The second kappa shape index (κ2) is 5.67. The fourth-order valence-electron chi connectivity index (χ4n) is 1.14. The standard InChI is InChI=1S/C8H11N5O2S3/c1-2-3-9-7-11-12-8(16-7)18(14,15)5-6-4-10-17-13-6/h4H,2-3,5H2,1H3,(H,9,11). The van der Waals surface area contributed by atoms with Crippen LogP contribution in [0.1, 0.15) is 19.0 Å². The van der Waals surface area contributed by atoms with E-state index in [0.717, 1.165) is 36.0 Å². The van der Waals surface area contributed by atoms with E-state index in [1.54, 1.807) is 0 Å². The van der Waals surface area contributed by atoms with Crippen LogP contribution in [0.25, 0.3) is 0 Å². The second-order valence-electron chi connectivity index (χ2n) is 3.46. The monoisotopic (exact) mass is 305 g/mol. The Bertz CT molecular complexity index is 592. The number of sulfone groups is 1. The van der Waals surface area contributed by atoms with Gasteiger partial charge in [0.25, 0.3) is 0 Å². The van der Waals surface area contributed by atoms with Gasteiger partial charge in [0.1, 0.15) is 5.75 Å². The van der Waals surface area contributed by atoms with Gasteiger partial charge in [0.15, 0.2) is 0 Å². The van der Waals surface area contributed by atoms with Crippen molar-refractivity contribution in [3.63, 3.8) is 0 Å². The Labute approximate surface area is 113 Å². The molecule has 0 aliphatic carbocycles. The first-order valence-electron chi connectivity index (χ1n) is 5.18. The van der Waals surface area contributed by atoms with Crippen molar-refractivity contribution in [2.24, 2.45) is 0 Å². The molecular weight excluding hydrogens is 294 g/mol. The Hall–Kier alpha value is -1.13. The lowest BCUT2D eigenvalue weighted by atomic mass is 10.5. The van der Waals surface area contributed by atoms with E-state index in [2.05, 4.69) is 24.3 Å². The molecule has 0 spiro atoms. The minimum Gasteiger partial charge on any atom is -0.360 e. The van der Waals surface area contributed by atoms with Crippen LogP contribution >= 0.6 is 23.1 Å². The minimum absolute atomic E-state index is 0.00843. The van der Waals surface area contributed by atoms with E-state index in [1.165, 1.54) is 6.20 Å². The molecule has 2 rings (SSSR count). The molecule has 2 aromatic heterocycles. The number of hydrogen-bond acceptors (Lipinski definition) is 9. The first kappa shape index (κ1) is 13.3. The number of nitrogens with zero attached hydrogens (tertiary/aromatic N) is 4. The van der Waals surface area contributed by atoms with Gasteiger partial charge in [-0.05, 0) is 6.42 Å². The highest BCUT2D eigenvalue weighted by atomic mass is 32.2. The molecule has 2 heterocycles. The van der Waals surface area contributed by atoms with Crippen LogP contribution in [0.2, 0.25) is 0 Å². The molecule has 0 unspecified atom stereocenters. The van der Waals surface area contributed by atoms with Crippen molar-refractivity contribution in [3.8, 4) is 0 Å². The van der Waals surface area contributed by atoms with Gasteiger partial charge in [0, 0.05) is 6.54 Å². The van der Waals surface area contributed by atoms with Crippen LogP contribution in [0.4, 0.5) is 5.13 Å². The number of hydrogen-bond donors (Lipinski definition) is 1. The van der Waals surface area contributed by atoms with Crippen molar-refractivity contribution in [1.82, 2.24) is 18.9 Å². The first-order chi connectivity index (χ1) is 8.62. The molecule has 0 saturated carbocycles. The zero-order valence-corrected chi connectivity index (χ0v) is 12.0. The Morgan fingerprint density at radius 3 is 2.89 bits per heavy atom. The third-order valence-corrected chi connectivity index (χ3v) is 5.44. The van der Waals surface area contributed by atoms with E-state index in [0.29, 0.717) is 10.8 Å². The maximum atomic E-state index is 12.0. The molecule has 98 valence electrons. The maximum Gasteiger partial charge on any atom is 0.234 e. The lowest BCUT2D eigenvalue weighted by molar-refractivity contribution is 0.593. The molecule has 0 bridgehead atoms. The van der Waals surface area contributed by atoms with E-state index in [1.807, 2.05) is 6.92 Å². The zero-order valence-electron chi connectivity index (χ0n) is 9.53. The summed E-state index contributed by atoms with van der Waals surface area (Å²) in [6, 6.07) is 0. The SMILES string of the molecule is CCCNc1nnc(S(=O)(=O)Cc2cnsn2)s1. The van der Waals surface area contributed by atoms with Gasteiger partial charge < -0.3 is 5.32 Å². The number of nitrogens with one attached hydrogen (secondary N) is 1. The van der Waals surface area contributed by atoms with E-state index >= 15 is 0 Å². The van der Waals surface area contributed by atoms with Crippen LogP contribution in [0.3, 0.4) is 0 Å². The summed E-state index contributed by atoms with van der Waals surface area (Å²) < 4.78 is 31.7. The summed E-state index contributed by atoms with van der Waals surface area (Å²) in [7, 11) is -3.48. The molecule has 10 heteroatoms. The highest BCUT2D eigenvalue weighted by Gasteiger charge is 2.22. The molecule has 0 amide bonds. The van der Waals surface area contributed by atoms with Crippen molar-refractivity contribution < 1.29 is 8.42 Å². The number of rotatable bonds is 6. The largest absolute Gasteiger partial charge is 0.360 e. The molecule has 2 aromatic rings. The maximum absolute atomic E-state index is 12.0. The van der Waals surface area contributed by atoms with Crippen molar-refractivity contribution >= 4 is 38.0 Å². The van der Waals surface area contributed by atoms with Gasteiger partial charge in [-0.2, -0.15) is 8.75 Å². The van der Waals surface area contributed by atoms with Gasteiger partial charge in [0.2, 0.25) is 19.3 Å². The highest BCUT2D eigenvalue weighted by Crippen LogP contribution is 2.22. The normalized spacial score (nSPS) is 11.6. The van der Waals surface area contributed by atoms with Crippen LogP contribution in [-0.4, -0.2) is 33.9 Å². The minimum atomic E-state index is -3.48. The van der Waals surface area contributed by atoms with Gasteiger partial charge in [-0.25, -0.2) is 8.42 Å². The van der Waals surface area contributed by atoms with Crippen LogP contribution in [-0.2, 0) is 15.6 Å². The topological polar surface area (TPSA) is 97.7 Å². The molecule has 18 heavy (non-hydrogen) atoms. The van der Waals surface area contributed by atoms with Gasteiger partial charge in [0.05, 0.1) is 23.6 Å². The quantitative estimate of drug-likeness (QED) is 0.855. The average Bonchev–Trinajstić information content (AvgIpc) is 2.96. The lowest BCUT2D eigenvalue weighted by Crippen LogP contribution is -2.04. The summed E-state index contributed by atoms with van der Waals surface area (Å²) >= 11 is 2.02. The van der Waals surface area contributed by atoms with Gasteiger partial charge in [-0.3, -0.25) is 0 Å². The van der Waals surface area contributed by atoms with Crippen molar-refractivity contribution in [2.45, 2.75) is 23.4 Å². The molecular formula is C8H11N5O2S3. The van der Waals surface area contributed by atoms with Crippen LogP contribution in [0.5, 0.6) is 0 Å². The first-order valence-corrected chi connectivity index (χ1v) is 8.38. The summed E-state index contributed by atoms with van der Waals surface area (Å²) in [6.07, 6.45) is 2.38. The third kappa shape index (κ3) is 3.21. The van der Waals surface area contributed by atoms with Crippen LogP contribution in [0, 0.1) is 0 Å². The third-order valence-electron chi connectivity index (χ3n) is 1.94. The molecule has 0 aliphatic rings. The predicted octanol–water partition coefficient (Wildman–Crippen LogP) is 1.19. The van der Waals surface area contributed by atoms with Crippen molar-refractivity contribution in [1.29, 1.82) is 0 Å². The van der Waals surface area contributed by atoms with Gasteiger partial charge in [-0.1, -0.05) is 18.3 Å². The average molecular weight is 305 g/mol. The summed E-state index contributed by atoms with van der Waals surface area (Å²) in [5.41, 5.74) is 0.429. The smallest absolute Gasteiger partial charge is 0.234 e. The molecule has 1 N–H and O–H groups in total.